The van der Waals surface area contributed by atoms with E-state index in [0.29, 0.717) is 11.2 Å². The summed E-state index contributed by atoms with van der Waals surface area (Å²) in [5.41, 5.74) is 6.59. The molecule has 27 heavy (non-hydrogen) atoms. The van der Waals surface area contributed by atoms with E-state index in [4.69, 9.17) is 31.6 Å². The van der Waals surface area contributed by atoms with Crippen LogP contribution in [0.2, 0.25) is 0 Å². The van der Waals surface area contributed by atoms with Crippen LogP contribution in [0, 0.1) is 0 Å². The molecule has 2 unspecified atom stereocenters. The molecule has 0 bridgehead atoms. The van der Waals surface area contributed by atoms with Crippen molar-refractivity contribution in [2.75, 3.05) is 19.1 Å². The zero-order chi connectivity index (χ0) is 19.2. The molecule has 4 heterocycles. The van der Waals surface area contributed by atoms with Crippen LogP contribution in [0.1, 0.15) is 13.2 Å². The van der Waals surface area contributed by atoms with E-state index in [2.05, 4.69) is 19.7 Å². The van der Waals surface area contributed by atoms with E-state index in [0.717, 1.165) is 0 Å². The first kappa shape index (κ1) is 18.5. The largest absolute Gasteiger partial charge is 0.488 e. The maximum atomic E-state index is 10.8. The second-order valence-electron chi connectivity index (χ2n) is 5.93. The molecule has 0 saturated carbocycles. The fraction of sp³-hybridized carbons (Fsp3) is 0.538. The quantitative estimate of drug-likeness (QED) is 0.297. The van der Waals surface area contributed by atoms with Crippen molar-refractivity contribution < 1.29 is 32.9 Å². The van der Waals surface area contributed by atoms with Gasteiger partial charge in [-0.05, 0) is 0 Å². The van der Waals surface area contributed by atoms with Crippen LogP contribution in [-0.2, 0) is 27.8 Å². The van der Waals surface area contributed by atoms with E-state index in [-0.39, 0.29) is 12.4 Å². The van der Waals surface area contributed by atoms with Crippen molar-refractivity contribution in [2.45, 2.75) is 31.5 Å². The molecule has 0 spiro atoms. The smallest absolute Gasteiger partial charge is 0.434 e. The number of aliphatic hydroxyl groups is 1. The monoisotopic (exact) mass is 396 g/mol. The van der Waals surface area contributed by atoms with E-state index >= 15 is 0 Å². The average Bonchev–Trinajstić information content (AvgIpc) is 3.17. The van der Waals surface area contributed by atoms with Gasteiger partial charge in [-0.3, -0.25) is 9.36 Å². The predicted octanol–water partition coefficient (Wildman–Crippen LogP) is -0.535. The highest BCUT2D eigenvalue weighted by Crippen LogP contribution is 2.62. The molecule has 2 fully saturated rings. The summed E-state index contributed by atoms with van der Waals surface area (Å²) in [6.45, 7) is 0.848. The first-order chi connectivity index (χ1) is 12.9. The van der Waals surface area contributed by atoms with Crippen LogP contribution in [0.25, 0.3) is 11.2 Å². The van der Waals surface area contributed by atoms with Gasteiger partial charge >= 0.3 is 21.4 Å². The minimum absolute atomic E-state index is 0.0341. The Bertz CT molecular complexity index is 871. The van der Waals surface area contributed by atoms with Crippen molar-refractivity contribution in [3.8, 4) is 0 Å². The second kappa shape index (κ2) is 6.93. The number of aliphatic hydroxyl groups excluding tert-OH is 1. The van der Waals surface area contributed by atoms with Crippen LogP contribution >= 0.6 is 7.82 Å². The molecule has 0 aliphatic carbocycles. The molecule has 2 aromatic heterocycles. The van der Waals surface area contributed by atoms with E-state index in [9.17, 15) is 9.90 Å². The van der Waals surface area contributed by atoms with Gasteiger partial charge in [-0.2, -0.15) is 13.6 Å². The molecular weight excluding hydrogens is 380 g/mol. The van der Waals surface area contributed by atoms with Crippen molar-refractivity contribution in [1.82, 2.24) is 19.5 Å². The number of fused-ring (bicyclic) bond motifs is 2. The van der Waals surface area contributed by atoms with E-state index < -0.39 is 45.1 Å². The van der Waals surface area contributed by atoms with Gasteiger partial charge in [0.05, 0.1) is 6.33 Å². The Labute approximate surface area is 154 Å². The normalized spacial score (nSPS) is 33.1. The highest BCUT2D eigenvalue weighted by molar-refractivity contribution is 7.85. The summed E-state index contributed by atoms with van der Waals surface area (Å²) in [5.74, 6) is -0.317. The summed E-state index contributed by atoms with van der Waals surface area (Å²) in [4.78, 5) is 23.0. The highest BCUT2D eigenvalue weighted by atomic mass is 31.2. The van der Waals surface area contributed by atoms with E-state index in [1.54, 1.807) is 0 Å². The molecule has 14 heteroatoms. The van der Waals surface area contributed by atoms with Crippen molar-refractivity contribution in [1.29, 1.82) is 0 Å². The number of esters is 1. The Balaban J connectivity index is 1.52. The lowest BCUT2D eigenvalue weighted by atomic mass is 10.1. The molecule has 0 aromatic carbocycles. The van der Waals surface area contributed by atoms with Gasteiger partial charge < -0.3 is 20.3 Å². The van der Waals surface area contributed by atoms with E-state index in [1.165, 1.54) is 24.1 Å². The third kappa shape index (κ3) is 3.37. The number of ether oxygens (including phenoxy) is 2. The molecule has 0 amide bonds. The number of imidazole rings is 1. The lowest BCUT2D eigenvalue weighted by Crippen LogP contribution is -2.41. The average molecular weight is 396 g/mol. The maximum Gasteiger partial charge on any atom is 0.488 e. The number of hydrogen-bond acceptors (Lipinski definition) is 11. The molecule has 2 saturated heterocycles. The lowest BCUT2D eigenvalue weighted by molar-refractivity contribution is -0.149. The maximum absolute atomic E-state index is 10.8. The third-order valence-corrected chi connectivity index (χ3v) is 5.66. The van der Waals surface area contributed by atoms with Crippen molar-refractivity contribution in [2.24, 2.45) is 0 Å². The van der Waals surface area contributed by atoms with Crippen LogP contribution in [0.5, 0.6) is 0 Å². The zero-order valence-electron chi connectivity index (χ0n) is 14.2. The Morgan fingerprint density at radius 3 is 3.11 bits per heavy atom. The number of nitrogens with two attached hydrogens (primary N) is 1. The first-order valence-electron chi connectivity index (χ1n) is 7.93. The number of aromatic nitrogens is 4. The van der Waals surface area contributed by atoms with Crippen LogP contribution in [0.15, 0.2) is 12.7 Å². The summed E-state index contributed by atoms with van der Waals surface area (Å²) < 4.78 is 28.4. The minimum Gasteiger partial charge on any atom is -0.434 e. The number of nitrogen functional groups attached to an aromatic ring is 1. The Morgan fingerprint density at radius 1 is 1.52 bits per heavy atom. The molecule has 142 valence electrons. The van der Waals surface area contributed by atoms with Crippen molar-refractivity contribution in [3.63, 3.8) is 0 Å². The summed E-state index contributed by atoms with van der Waals surface area (Å²) in [7, 11) is 2.69. The lowest BCUT2D eigenvalue weighted by Gasteiger charge is -2.30. The molecule has 2 aliphatic rings. The molecular formula is C13H16BN5O7P+. The van der Waals surface area contributed by atoms with Crippen LogP contribution in [0.4, 0.5) is 5.82 Å². The highest BCUT2D eigenvalue weighted by Gasteiger charge is 2.58. The SMILES string of the molecule is [B][P+]1(OCOC(C)=O)OC[C@H]2O[C@@H](n3cnc4c(N)ncnc43)C(O)[C@@H]2O1. The molecule has 2 radical (unpaired) electrons. The third-order valence-electron chi connectivity index (χ3n) is 4.15. The van der Waals surface area contributed by atoms with Crippen molar-refractivity contribution >= 4 is 38.3 Å². The number of nitrogens with zero attached hydrogens (tertiary/aromatic N) is 4. The van der Waals surface area contributed by atoms with Gasteiger partial charge in [0.2, 0.25) is 6.79 Å². The number of carbonyl (C=O) groups excluding carboxylic acids is 1. The van der Waals surface area contributed by atoms with Crippen LogP contribution in [-0.4, -0.2) is 69.9 Å². The Hall–Kier alpha value is -1.89. The van der Waals surface area contributed by atoms with Gasteiger partial charge in [0, 0.05) is 6.92 Å². The van der Waals surface area contributed by atoms with Gasteiger partial charge in [-0.25, -0.2) is 15.0 Å². The van der Waals surface area contributed by atoms with Crippen LogP contribution < -0.4 is 5.73 Å². The number of anilines is 1. The fourth-order valence-electron chi connectivity index (χ4n) is 2.90. The second-order valence-corrected chi connectivity index (χ2v) is 7.73. The molecule has 5 atom stereocenters. The molecule has 4 rings (SSSR count). The molecule has 3 N–H and O–H groups in total. The Morgan fingerprint density at radius 2 is 2.33 bits per heavy atom. The summed E-state index contributed by atoms with van der Waals surface area (Å²) >= 11 is 0. The van der Waals surface area contributed by atoms with Gasteiger partial charge in [0.15, 0.2) is 23.8 Å². The molecule has 2 aliphatic heterocycles. The van der Waals surface area contributed by atoms with Gasteiger partial charge in [0.25, 0.3) is 0 Å². The summed E-state index contributed by atoms with van der Waals surface area (Å²) in [6, 6.07) is 0. The van der Waals surface area contributed by atoms with Gasteiger partial charge in [-0.1, -0.05) is 0 Å². The number of hydrogen-bond donors (Lipinski definition) is 2. The Kier molecular flexibility index (Phi) is 4.74. The summed E-state index contributed by atoms with van der Waals surface area (Å²) in [5, 5.41) is 10.7. The first-order valence-corrected chi connectivity index (χ1v) is 9.54. The van der Waals surface area contributed by atoms with Gasteiger partial charge in [0.1, 0.15) is 30.7 Å². The zero-order valence-corrected chi connectivity index (χ0v) is 15.1. The van der Waals surface area contributed by atoms with Crippen LogP contribution in [0.3, 0.4) is 0 Å². The summed E-state index contributed by atoms with van der Waals surface area (Å²) in [6.07, 6.45) is -0.602. The predicted molar refractivity (Wildman–Crippen MR) is 90.9 cm³/mol. The molecule has 2 aromatic rings. The topological polar surface area (TPSA) is 153 Å². The minimum atomic E-state index is -3.27. The molecule has 12 nitrogen and oxygen atoms in total. The standard InChI is InChI=1S/C13H16BN5O7P/c1-6(20)22-5-24-27(14)23-2-7-10(26-27)9(21)13(25-7)19-4-18-8-11(15)16-3-17-12(8)19/h3-4,7,9-10,13,21H,2,5H2,1H3,(H2,15,16,17)/q+1/t7-,9?,10-,13-,27?/m1/s1. The van der Waals surface area contributed by atoms with Gasteiger partial charge in [-0.15, -0.1) is 0 Å². The van der Waals surface area contributed by atoms with Crippen molar-refractivity contribution in [3.05, 3.63) is 12.7 Å². The number of rotatable bonds is 4. The fourth-order valence-corrected chi connectivity index (χ4v) is 4.25. The number of carbonyl (C=O) groups is 1. The van der Waals surface area contributed by atoms with E-state index in [1.807, 2.05) is 0 Å².